The summed E-state index contributed by atoms with van der Waals surface area (Å²) in [5.74, 6) is -1.25. The number of rotatable bonds is 6. The molecule has 1 unspecified atom stereocenters. The SMILES string of the molecule is O=C(O)CCN(C(=O)Cc1ccccc1)C1CCS(=O)(=O)C1. The Bertz CT molecular complexity index is 641. The van der Waals surface area contributed by atoms with Gasteiger partial charge in [-0.1, -0.05) is 30.3 Å². The van der Waals surface area contributed by atoms with E-state index < -0.39 is 21.8 Å². The third kappa shape index (κ3) is 4.56. The first kappa shape index (κ1) is 16.5. The van der Waals surface area contributed by atoms with Gasteiger partial charge in [-0.3, -0.25) is 9.59 Å². The maximum atomic E-state index is 12.5. The molecule has 1 aliphatic heterocycles. The molecule has 120 valence electrons. The van der Waals surface area contributed by atoms with Crippen molar-refractivity contribution in [1.82, 2.24) is 4.90 Å². The summed E-state index contributed by atoms with van der Waals surface area (Å²) in [4.78, 5) is 24.7. The molecule has 1 N–H and O–H groups in total. The van der Waals surface area contributed by atoms with Gasteiger partial charge in [0, 0.05) is 12.6 Å². The van der Waals surface area contributed by atoms with Crippen molar-refractivity contribution in [3.63, 3.8) is 0 Å². The van der Waals surface area contributed by atoms with E-state index in [-0.39, 0.29) is 36.8 Å². The first-order chi connectivity index (χ1) is 10.4. The fourth-order valence-corrected chi connectivity index (χ4v) is 4.35. The van der Waals surface area contributed by atoms with Gasteiger partial charge >= 0.3 is 5.97 Å². The molecule has 0 aromatic heterocycles. The second kappa shape index (κ2) is 6.91. The second-order valence-corrected chi connectivity index (χ2v) is 7.68. The van der Waals surface area contributed by atoms with Crippen molar-refractivity contribution in [2.24, 2.45) is 0 Å². The normalized spacial score (nSPS) is 19.7. The van der Waals surface area contributed by atoms with Crippen LogP contribution in [0.4, 0.5) is 0 Å². The van der Waals surface area contributed by atoms with Crippen LogP contribution < -0.4 is 0 Å². The number of carbonyl (C=O) groups excluding carboxylic acids is 1. The number of aliphatic carboxylic acids is 1. The van der Waals surface area contributed by atoms with Crippen LogP contribution in [0.15, 0.2) is 30.3 Å². The van der Waals surface area contributed by atoms with E-state index in [4.69, 9.17) is 5.11 Å². The van der Waals surface area contributed by atoms with Crippen molar-refractivity contribution in [3.8, 4) is 0 Å². The average Bonchev–Trinajstić information content (AvgIpc) is 2.80. The Balaban J connectivity index is 2.09. The maximum Gasteiger partial charge on any atom is 0.305 e. The van der Waals surface area contributed by atoms with Crippen LogP contribution in [0.3, 0.4) is 0 Å². The fourth-order valence-electron chi connectivity index (χ4n) is 2.62. The topological polar surface area (TPSA) is 91.8 Å². The monoisotopic (exact) mass is 325 g/mol. The summed E-state index contributed by atoms with van der Waals surface area (Å²) in [7, 11) is -3.13. The van der Waals surface area contributed by atoms with Crippen molar-refractivity contribution in [2.45, 2.75) is 25.3 Å². The average molecular weight is 325 g/mol. The van der Waals surface area contributed by atoms with Gasteiger partial charge in [-0.05, 0) is 12.0 Å². The predicted molar refractivity (Wildman–Crippen MR) is 81.2 cm³/mol. The first-order valence-corrected chi connectivity index (χ1v) is 8.95. The highest BCUT2D eigenvalue weighted by molar-refractivity contribution is 7.91. The van der Waals surface area contributed by atoms with Crippen molar-refractivity contribution in [2.75, 3.05) is 18.1 Å². The van der Waals surface area contributed by atoms with Crippen molar-refractivity contribution < 1.29 is 23.1 Å². The summed E-state index contributed by atoms with van der Waals surface area (Å²) in [6.07, 6.45) is 0.344. The summed E-state index contributed by atoms with van der Waals surface area (Å²) in [6.45, 7) is 0.0428. The molecule has 0 aliphatic carbocycles. The van der Waals surface area contributed by atoms with Gasteiger partial charge in [0.05, 0.1) is 24.3 Å². The molecule has 0 saturated carbocycles. The summed E-state index contributed by atoms with van der Waals surface area (Å²) in [6, 6.07) is 8.71. The van der Waals surface area contributed by atoms with Crippen molar-refractivity contribution >= 4 is 21.7 Å². The Labute approximate surface area is 129 Å². The maximum absolute atomic E-state index is 12.5. The number of carboxylic acids is 1. The van der Waals surface area contributed by atoms with Gasteiger partial charge < -0.3 is 10.0 Å². The zero-order valence-corrected chi connectivity index (χ0v) is 13.0. The zero-order valence-electron chi connectivity index (χ0n) is 12.1. The van der Waals surface area contributed by atoms with Crippen LogP contribution in [-0.2, 0) is 25.8 Å². The Hall–Kier alpha value is -1.89. The molecule has 1 atom stereocenters. The van der Waals surface area contributed by atoms with Crippen LogP contribution >= 0.6 is 0 Å². The van der Waals surface area contributed by atoms with E-state index in [9.17, 15) is 18.0 Å². The van der Waals surface area contributed by atoms with E-state index in [1.807, 2.05) is 30.3 Å². The van der Waals surface area contributed by atoms with Crippen LogP contribution in [0.1, 0.15) is 18.4 Å². The number of amides is 1. The molecule has 1 aromatic rings. The van der Waals surface area contributed by atoms with Gasteiger partial charge in [0.25, 0.3) is 0 Å². The first-order valence-electron chi connectivity index (χ1n) is 7.13. The molecule has 0 spiro atoms. The lowest BCUT2D eigenvalue weighted by molar-refractivity contribution is -0.139. The Morgan fingerprint density at radius 2 is 1.91 bits per heavy atom. The summed E-state index contributed by atoms with van der Waals surface area (Å²) >= 11 is 0. The smallest absolute Gasteiger partial charge is 0.305 e. The Morgan fingerprint density at radius 1 is 1.23 bits per heavy atom. The van der Waals surface area contributed by atoms with Gasteiger partial charge in [0.15, 0.2) is 9.84 Å². The molecule has 22 heavy (non-hydrogen) atoms. The standard InChI is InChI=1S/C15H19NO5S/c17-14(10-12-4-2-1-3-5-12)16(8-6-15(18)19)13-7-9-22(20,21)11-13/h1-5,13H,6-11H2,(H,18,19). The Morgan fingerprint density at radius 3 is 2.45 bits per heavy atom. The van der Waals surface area contributed by atoms with E-state index in [2.05, 4.69) is 0 Å². The number of nitrogens with zero attached hydrogens (tertiary/aromatic N) is 1. The van der Waals surface area contributed by atoms with Gasteiger partial charge in [-0.25, -0.2) is 8.42 Å². The highest BCUT2D eigenvalue weighted by Gasteiger charge is 2.34. The van der Waals surface area contributed by atoms with Crippen LogP contribution in [0.25, 0.3) is 0 Å². The summed E-state index contributed by atoms with van der Waals surface area (Å²) < 4.78 is 23.2. The molecule has 1 aliphatic rings. The quantitative estimate of drug-likeness (QED) is 0.832. The molecule has 1 heterocycles. The summed E-state index contributed by atoms with van der Waals surface area (Å²) in [5, 5.41) is 8.82. The van der Waals surface area contributed by atoms with Gasteiger partial charge in [-0.15, -0.1) is 0 Å². The van der Waals surface area contributed by atoms with Crippen LogP contribution in [0, 0.1) is 0 Å². The number of benzene rings is 1. The molecule has 0 bridgehead atoms. The molecule has 2 rings (SSSR count). The summed E-state index contributed by atoms with van der Waals surface area (Å²) in [5.41, 5.74) is 0.827. The molecule has 1 amide bonds. The lowest BCUT2D eigenvalue weighted by atomic mass is 10.1. The molecule has 1 fully saturated rings. The molecular weight excluding hydrogens is 306 g/mol. The van der Waals surface area contributed by atoms with Crippen LogP contribution in [0.2, 0.25) is 0 Å². The largest absolute Gasteiger partial charge is 0.481 e. The lowest BCUT2D eigenvalue weighted by Gasteiger charge is -2.28. The van der Waals surface area contributed by atoms with Crippen molar-refractivity contribution in [3.05, 3.63) is 35.9 Å². The van der Waals surface area contributed by atoms with E-state index in [0.717, 1.165) is 5.56 Å². The number of carboxylic acid groups (broad SMARTS) is 1. The minimum Gasteiger partial charge on any atom is -0.481 e. The molecule has 0 radical (unpaired) electrons. The lowest BCUT2D eigenvalue weighted by Crippen LogP contribution is -2.43. The molecule has 1 aromatic carbocycles. The van der Waals surface area contributed by atoms with E-state index in [1.54, 1.807) is 0 Å². The Kier molecular flexibility index (Phi) is 5.18. The molecular formula is C15H19NO5S. The predicted octanol–water partition coefficient (Wildman–Crippen LogP) is 0.719. The van der Waals surface area contributed by atoms with Gasteiger partial charge in [0.2, 0.25) is 5.91 Å². The number of hydrogen-bond donors (Lipinski definition) is 1. The van der Waals surface area contributed by atoms with E-state index >= 15 is 0 Å². The minimum atomic E-state index is -3.13. The third-order valence-electron chi connectivity index (χ3n) is 3.73. The van der Waals surface area contributed by atoms with Gasteiger partial charge in [-0.2, -0.15) is 0 Å². The van der Waals surface area contributed by atoms with E-state index in [0.29, 0.717) is 6.42 Å². The highest BCUT2D eigenvalue weighted by atomic mass is 32.2. The second-order valence-electron chi connectivity index (χ2n) is 5.45. The zero-order chi connectivity index (χ0) is 16.2. The number of sulfone groups is 1. The number of hydrogen-bond acceptors (Lipinski definition) is 4. The van der Waals surface area contributed by atoms with Crippen LogP contribution in [-0.4, -0.2) is 54.4 Å². The highest BCUT2D eigenvalue weighted by Crippen LogP contribution is 2.19. The molecule has 7 heteroatoms. The van der Waals surface area contributed by atoms with Crippen molar-refractivity contribution in [1.29, 1.82) is 0 Å². The van der Waals surface area contributed by atoms with Crippen LogP contribution in [0.5, 0.6) is 0 Å². The van der Waals surface area contributed by atoms with E-state index in [1.165, 1.54) is 4.90 Å². The fraction of sp³-hybridized carbons (Fsp3) is 0.467. The minimum absolute atomic E-state index is 0.0428. The third-order valence-corrected chi connectivity index (χ3v) is 5.48. The molecule has 1 saturated heterocycles. The molecule has 6 nitrogen and oxygen atoms in total. The number of carbonyl (C=O) groups is 2. The van der Waals surface area contributed by atoms with Gasteiger partial charge in [0.1, 0.15) is 0 Å².